The number of piperidine rings is 1. The van der Waals surface area contributed by atoms with Crippen molar-refractivity contribution in [2.45, 2.75) is 38.9 Å². The van der Waals surface area contributed by atoms with Crippen LogP contribution in [0.5, 0.6) is 0 Å². The summed E-state index contributed by atoms with van der Waals surface area (Å²) in [5.74, 6) is 7.26. The number of hydrogen-bond acceptors (Lipinski definition) is 3. The van der Waals surface area contributed by atoms with Crippen LogP contribution < -0.4 is 15.5 Å². The SMILES string of the molecule is CCNC(=NCC#Cc1cccc(C(F)(F)F)c1)NC1CCN(c2ccc(C)cn2)CC1.I. The minimum atomic E-state index is -4.37. The normalized spacial score (nSPS) is 14.7. The number of halogens is 4. The van der Waals surface area contributed by atoms with Crippen LogP contribution in [-0.2, 0) is 6.18 Å². The highest BCUT2D eigenvalue weighted by Gasteiger charge is 2.30. The fourth-order valence-corrected chi connectivity index (χ4v) is 3.45. The van der Waals surface area contributed by atoms with Crippen LogP contribution in [0.2, 0.25) is 0 Å². The zero-order chi connectivity index (χ0) is 23.0. The number of nitrogens with one attached hydrogen (secondary N) is 2. The van der Waals surface area contributed by atoms with Gasteiger partial charge in [0.25, 0.3) is 0 Å². The van der Waals surface area contributed by atoms with E-state index in [1.807, 2.05) is 20.0 Å². The second-order valence-electron chi connectivity index (χ2n) is 7.67. The molecule has 1 fully saturated rings. The Hall–Kier alpha value is -2.48. The summed E-state index contributed by atoms with van der Waals surface area (Å²) in [6, 6.07) is 9.42. The van der Waals surface area contributed by atoms with Gasteiger partial charge in [0.2, 0.25) is 0 Å². The van der Waals surface area contributed by atoms with Gasteiger partial charge in [0.05, 0.1) is 5.56 Å². The van der Waals surface area contributed by atoms with Gasteiger partial charge < -0.3 is 15.5 Å². The monoisotopic (exact) mass is 571 g/mol. The molecule has 0 amide bonds. The molecule has 1 aliphatic heterocycles. The number of aryl methyl sites for hydroxylation is 1. The molecule has 3 rings (SSSR count). The number of pyridine rings is 1. The van der Waals surface area contributed by atoms with Crippen molar-refractivity contribution in [2.24, 2.45) is 4.99 Å². The summed E-state index contributed by atoms with van der Waals surface area (Å²) in [6.45, 7) is 6.72. The quantitative estimate of drug-likeness (QED) is 0.244. The molecule has 0 saturated carbocycles. The Morgan fingerprint density at radius 1 is 1.21 bits per heavy atom. The number of hydrogen-bond donors (Lipinski definition) is 2. The minimum absolute atomic E-state index is 0. The molecule has 1 saturated heterocycles. The van der Waals surface area contributed by atoms with Crippen molar-refractivity contribution in [3.05, 3.63) is 59.3 Å². The second kappa shape index (κ2) is 12.7. The first kappa shape index (κ1) is 26.8. The van der Waals surface area contributed by atoms with Gasteiger partial charge in [-0.1, -0.05) is 24.0 Å². The number of anilines is 1. The van der Waals surface area contributed by atoms with Crippen LogP contribution in [0.1, 0.15) is 36.5 Å². The van der Waals surface area contributed by atoms with Crippen LogP contribution in [0, 0.1) is 18.8 Å². The maximum absolute atomic E-state index is 12.8. The summed E-state index contributed by atoms with van der Waals surface area (Å²) >= 11 is 0. The van der Waals surface area contributed by atoms with Crippen molar-refractivity contribution in [2.75, 3.05) is 31.1 Å². The molecule has 5 nitrogen and oxygen atoms in total. The lowest BCUT2D eigenvalue weighted by atomic mass is 10.1. The molecule has 0 atom stereocenters. The van der Waals surface area contributed by atoms with E-state index in [1.165, 1.54) is 6.07 Å². The van der Waals surface area contributed by atoms with Crippen molar-refractivity contribution in [1.29, 1.82) is 0 Å². The minimum Gasteiger partial charge on any atom is -0.357 e. The molecule has 0 bridgehead atoms. The lowest BCUT2D eigenvalue weighted by Crippen LogP contribution is -2.49. The third kappa shape index (κ3) is 8.42. The molecule has 178 valence electrons. The molecule has 9 heteroatoms. The summed E-state index contributed by atoms with van der Waals surface area (Å²) in [5, 5.41) is 6.64. The van der Waals surface area contributed by atoms with Gasteiger partial charge in [0.1, 0.15) is 12.4 Å². The first-order valence-electron chi connectivity index (χ1n) is 10.7. The number of aromatic nitrogens is 1. The third-order valence-corrected chi connectivity index (χ3v) is 5.14. The van der Waals surface area contributed by atoms with E-state index < -0.39 is 11.7 Å². The Balaban J connectivity index is 0.00000385. The second-order valence-corrected chi connectivity index (χ2v) is 7.67. The predicted octanol–water partition coefficient (Wildman–Crippen LogP) is 4.60. The first-order chi connectivity index (χ1) is 15.3. The number of nitrogens with zero attached hydrogens (tertiary/aromatic N) is 3. The van der Waals surface area contributed by atoms with Crippen LogP contribution in [0.3, 0.4) is 0 Å². The van der Waals surface area contributed by atoms with Crippen LogP contribution >= 0.6 is 24.0 Å². The topological polar surface area (TPSA) is 52.6 Å². The van der Waals surface area contributed by atoms with Gasteiger partial charge in [-0.15, -0.1) is 24.0 Å². The largest absolute Gasteiger partial charge is 0.416 e. The van der Waals surface area contributed by atoms with Gasteiger partial charge >= 0.3 is 6.18 Å². The summed E-state index contributed by atoms with van der Waals surface area (Å²) in [6.07, 6.45) is -0.579. The molecular weight excluding hydrogens is 542 g/mol. The molecule has 2 aromatic rings. The van der Waals surface area contributed by atoms with Crippen molar-refractivity contribution in [1.82, 2.24) is 15.6 Å². The molecule has 1 aliphatic rings. The Morgan fingerprint density at radius 3 is 2.61 bits per heavy atom. The molecule has 0 spiro atoms. The lowest BCUT2D eigenvalue weighted by Gasteiger charge is -2.33. The fourth-order valence-electron chi connectivity index (χ4n) is 3.45. The van der Waals surface area contributed by atoms with E-state index in [9.17, 15) is 13.2 Å². The van der Waals surface area contributed by atoms with Crippen molar-refractivity contribution >= 4 is 35.8 Å². The van der Waals surface area contributed by atoms with E-state index in [4.69, 9.17) is 0 Å². The Labute approximate surface area is 210 Å². The van der Waals surface area contributed by atoms with Crippen LogP contribution in [0.25, 0.3) is 0 Å². The Kier molecular flexibility index (Phi) is 10.3. The standard InChI is InChI=1S/C24H28F3N5.HI/c1-3-28-23(29-13-5-7-19-6-4-8-20(16-19)24(25,26)27)31-21-11-14-32(15-12-21)22-10-9-18(2)17-30-22;/h4,6,8-10,16-17,21H,3,11-15H2,1-2H3,(H2,28,29,31);1H. The van der Waals surface area contributed by atoms with Crippen LogP contribution in [0.4, 0.5) is 19.0 Å². The molecular formula is C24H29F3IN5. The fraction of sp³-hybridized carbons (Fsp3) is 0.417. The highest BCUT2D eigenvalue weighted by molar-refractivity contribution is 14.0. The summed E-state index contributed by atoms with van der Waals surface area (Å²) < 4.78 is 38.4. The summed E-state index contributed by atoms with van der Waals surface area (Å²) in [4.78, 5) is 11.2. The van der Waals surface area contributed by atoms with Crippen molar-refractivity contribution < 1.29 is 13.2 Å². The number of benzene rings is 1. The number of rotatable bonds is 4. The van der Waals surface area contributed by atoms with E-state index in [2.05, 4.69) is 49.5 Å². The van der Waals surface area contributed by atoms with Crippen LogP contribution in [0.15, 0.2) is 47.6 Å². The van der Waals surface area contributed by atoms with Crippen LogP contribution in [-0.4, -0.2) is 43.2 Å². The van der Waals surface area contributed by atoms with E-state index in [0.717, 1.165) is 49.4 Å². The first-order valence-corrected chi connectivity index (χ1v) is 10.7. The van der Waals surface area contributed by atoms with E-state index in [0.29, 0.717) is 18.1 Å². The molecule has 1 aromatic heterocycles. The maximum Gasteiger partial charge on any atom is 0.416 e. The average Bonchev–Trinajstić information content (AvgIpc) is 2.77. The number of alkyl halides is 3. The zero-order valence-corrected chi connectivity index (χ0v) is 21.1. The van der Waals surface area contributed by atoms with E-state index in [1.54, 1.807) is 6.07 Å². The Bertz CT molecular complexity index is 972. The lowest BCUT2D eigenvalue weighted by molar-refractivity contribution is -0.137. The third-order valence-electron chi connectivity index (χ3n) is 5.14. The van der Waals surface area contributed by atoms with Gasteiger partial charge in [-0.3, -0.25) is 0 Å². The highest BCUT2D eigenvalue weighted by atomic mass is 127. The number of guanidine groups is 1. The van der Waals surface area contributed by atoms with Gasteiger partial charge in [0.15, 0.2) is 5.96 Å². The molecule has 0 aliphatic carbocycles. The molecule has 0 unspecified atom stereocenters. The summed E-state index contributed by atoms with van der Waals surface area (Å²) in [7, 11) is 0. The Morgan fingerprint density at radius 2 is 1.97 bits per heavy atom. The highest BCUT2D eigenvalue weighted by Crippen LogP contribution is 2.29. The molecule has 2 N–H and O–H groups in total. The zero-order valence-electron chi connectivity index (χ0n) is 18.7. The average molecular weight is 571 g/mol. The number of aliphatic imine (C=N–C) groups is 1. The summed E-state index contributed by atoms with van der Waals surface area (Å²) in [5.41, 5.74) is 0.771. The smallest absolute Gasteiger partial charge is 0.357 e. The van der Waals surface area contributed by atoms with Gasteiger partial charge in [-0.2, -0.15) is 13.2 Å². The maximum atomic E-state index is 12.8. The van der Waals surface area contributed by atoms with Gasteiger partial charge in [0, 0.05) is 37.4 Å². The van der Waals surface area contributed by atoms with Crippen molar-refractivity contribution in [3.8, 4) is 11.8 Å². The molecule has 0 radical (unpaired) electrons. The van der Waals surface area contributed by atoms with E-state index in [-0.39, 0.29) is 36.6 Å². The molecule has 2 heterocycles. The van der Waals surface area contributed by atoms with E-state index >= 15 is 0 Å². The van der Waals surface area contributed by atoms with Gasteiger partial charge in [-0.25, -0.2) is 9.98 Å². The predicted molar refractivity (Wildman–Crippen MR) is 137 cm³/mol. The molecule has 1 aromatic carbocycles. The van der Waals surface area contributed by atoms with Gasteiger partial charge in [-0.05, 0) is 56.5 Å². The molecule has 33 heavy (non-hydrogen) atoms. The van der Waals surface area contributed by atoms with Crippen molar-refractivity contribution in [3.63, 3.8) is 0 Å².